The predicted molar refractivity (Wildman–Crippen MR) is 133 cm³/mol. The monoisotopic (exact) mass is 477 g/mol. The molecule has 1 aliphatic heterocycles. The summed E-state index contributed by atoms with van der Waals surface area (Å²) in [6.45, 7) is 4.48. The molecule has 8 heteroatoms. The van der Waals surface area contributed by atoms with Crippen LogP contribution >= 0.6 is 46.8 Å². The van der Waals surface area contributed by atoms with Crippen molar-refractivity contribution in [2.24, 2.45) is 5.92 Å². The molecule has 2 N–H and O–H groups in total. The van der Waals surface area contributed by atoms with Crippen molar-refractivity contribution < 1.29 is 4.79 Å². The third-order valence-electron chi connectivity index (χ3n) is 5.30. The number of nitrogens with zero attached hydrogens (tertiary/aromatic N) is 1. The predicted octanol–water partition coefficient (Wildman–Crippen LogP) is 6.57. The lowest BCUT2D eigenvalue weighted by Gasteiger charge is -2.32. The summed E-state index contributed by atoms with van der Waals surface area (Å²) in [6, 6.07) is 13.5. The third-order valence-corrected chi connectivity index (χ3v) is 7.39. The van der Waals surface area contributed by atoms with Crippen LogP contribution in [0.2, 0.25) is 10.0 Å². The molecule has 1 amide bonds. The van der Waals surface area contributed by atoms with Crippen LogP contribution in [0.1, 0.15) is 29.4 Å². The van der Waals surface area contributed by atoms with Crippen LogP contribution in [0, 0.1) is 5.92 Å². The van der Waals surface area contributed by atoms with Crippen molar-refractivity contribution in [2.75, 3.05) is 23.3 Å². The molecule has 0 atom stereocenters. The van der Waals surface area contributed by atoms with Gasteiger partial charge in [0.2, 0.25) is 0 Å². The Morgan fingerprint density at radius 2 is 1.83 bits per heavy atom. The summed E-state index contributed by atoms with van der Waals surface area (Å²) in [5, 5.41) is 7.82. The maximum atomic E-state index is 12.7. The molecule has 0 radical (unpaired) electrons. The van der Waals surface area contributed by atoms with Crippen LogP contribution < -0.4 is 15.5 Å². The maximum absolute atomic E-state index is 12.7. The van der Waals surface area contributed by atoms with Gasteiger partial charge in [-0.2, -0.15) is 0 Å². The molecule has 0 bridgehead atoms. The molecule has 0 aliphatic carbocycles. The molecule has 4 nitrogen and oxygen atoms in total. The highest BCUT2D eigenvalue weighted by atomic mass is 35.5. The number of hydrogen-bond acceptors (Lipinski definition) is 4. The van der Waals surface area contributed by atoms with Gasteiger partial charge in [-0.25, -0.2) is 0 Å². The first-order chi connectivity index (χ1) is 14.4. The van der Waals surface area contributed by atoms with E-state index in [2.05, 4.69) is 34.6 Å². The van der Waals surface area contributed by atoms with Crippen molar-refractivity contribution in [2.45, 2.75) is 19.8 Å². The number of rotatable bonds is 3. The van der Waals surface area contributed by atoms with E-state index in [4.69, 9.17) is 35.4 Å². The van der Waals surface area contributed by atoms with Gasteiger partial charge >= 0.3 is 0 Å². The SMILES string of the molecule is CC1CCN(c2ccc(NC(=S)NC(=O)c3sc4cc(Cl)ccc4c3Cl)cc2)CC1. The Balaban J connectivity index is 1.38. The fourth-order valence-corrected chi connectivity index (χ4v) is 5.43. The average molecular weight is 478 g/mol. The lowest BCUT2D eigenvalue weighted by Crippen LogP contribution is -2.34. The van der Waals surface area contributed by atoms with Crippen LogP contribution in [-0.2, 0) is 0 Å². The van der Waals surface area contributed by atoms with Gasteiger partial charge in [-0.15, -0.1) is 11.3 Å². The Morgan fingerprint density at radius 1 is 1.13 bits per heavy atom. The Hall–Kier alpha value is -1.86. The summed E-state index contributed by atoms with van der Waals surface area (Å²) in [6.07, 6.45) is 2.45. The lowest BCUT2D eigenvalue weighted by atomic mass is 9.99. The molecule has 1 aromatic heterocycles. The highest BCUT2D eigenvalue weighted by Crippen LogP contribution is 2.36. The summed E-state index contributed by atoms with van der Waals surface area (Å²) in [7, 11) is 0. The number of halogens is 2. The zero-order valence-corrected chi connectivity index (χ0v) is 19.5. The first-order valence-corrected chi connectivity index (χ1v) is 11.7. The highest BCUT2D eigenvalue weighted by molar-refractivity contribution is 7.80. The van der Waals surface area contributed by atoms with E-state index >= 15 is 0 Å². The second kappa shape index (κ2) is 9.10. The molecule has 2 aromatic carbocycles. The molecule has 30 heavy (non-hydrogen) atoms. The normalized spacial score (nSPS) is 14.7. The topological polar surface area (TPSA) is 44.4 Å². The van der Waals surface area contributed by atoms with Crippen molar-refractivity contribution in [3.63, 3.8) is 0 Å². The molecule has 4 rings (SSSR count). The van der Waals surface area contributed by atoms with E-state index in [-0.39, 0.29) is 11.0 Å². The molecule has 1 fully saturated rings. The molecule has 0 unspecified atom stereocenters. The van der Waals surface area contributed by atoms with Gasteiger partial charge in [0.25, 0.3) is 5.91 Å². The molecule has 3 aromatic rings. The number of anilines is 2. The van der Waals surface area contributed by atoms with Crippen molar-refractivity contribution >= 4 is 79.2 Å². The summed E-state index contributed by atoms with van der Waals surface area (Å²) in [5.41, 5.74) is 2.03. The van der Waals surface area contributed by atoms with Gasteiger partial charge < -0.3 is 10.2 Å². The smallest absolute Gasteiger partial charge is 0.269 e. The van der Waals surface area contributed by atoms with Crippen LogP contribution in [-0.4, -0.2) is 24.1 Å². The largest absolute Gasteiger partial charge is 0.372 e. The van der Waals surface area contributed by atoms with Crippen molar-refractivity contribution in [3.05, 3.63) is 57.4 Å². The van der Waals surface area contributed by atoms with Crippen molar-refractivity contribution in [1.29, 1.82) is 0 Å². The maximum Gasteiger partial charge on any atom is 0.269 e. The number of carbonyl (C=O) groups excluding carboxylic acids is 1. The second-order valence-electron chi connectivity index (χ2n) is 7.51. The number of nitrogens with one attached hydrogen (secondary N) is 2. The number of fused-ring (bicyclic) bond motifs is 1. The van der Waals surface area contributed by atoms with E-state index in [0.717, 1.165) is 34.8 Å². The number of thiophene rings is 1. The molecule has 156 valence electrons. The molecular weight excluding hydrogens is 457 g/mol. The van der Waals surface area contributed by atoms with E-state index in [9.17, 15) is 4.79 Å². The van der Waals surface area contributed by atoms with Crippen LogP contribution in [0.4, 0.5) is 11.4 Å². The van der Waals surface area contributed by atoms with Crippen molar-refractivity contribution in [3.8, 4) is 0 Å². The summed E-state index contributed by atoms with van der Waals surface area (Å²) >= 11 is 19.0. The quantitative estimate of drug-likeness (QED) is 0.418. The molecule has 0 saturated carbocycles. The summed E-state index contributed by atoms with van der Waals surface area (Å²) in [5.74, 6) is 0.462. The van der Waals surface area contributed by atoms with Gasteiger partial charge in [-0.3, -0.25) is 10.1 Å². The van der Waals surface area contributed by atoms with Gasteiger partial charge in [0.15, 0.2) is 5.11 Å². The van der Waals surface area contributed by atoms with Crippen LogP contribution in [0.25, 0.3) is 10.1 Å². The molecule has 0 spiro atoms. The average Bonchev–Trinajstić information content (AvgIpc) is 3.05. The Bertz CT molecular complexity index is 1090. The number of amides is 1. The first-order valence-electron chi connectivity index (χ1n) is 9.75. The molecular formula is C22H21Cl2N3OS2. The van der Waals surface area contributed by atoms with Crippen LogP contribution in [0.15, 0.2) is 42.5 Å². The Morgan fingerprint density at radius 3 is 2.53 bits per heavy atom. The van der Waals surface area contributed by atoms with Gasteiger partial charge in [0.1, 0.15) is 4.88 Å². The van der Waals surface area contributed by atoms with Gasteiger partial charge in [0.05, 0.1) is 5.02 Å². The zero-order chi connectivity index (χ0) is 21.3. The van der Waals surface area contributed by atoms with E-state index in [1.165, 1.54) is 29.9 Å². The Labute approximate surface area is 195 Å². The number of piperidine rings is 1. The van der Waals surface area contributed by atoms with E-state index in [1.54, 1.807) is 12.1 Å². The molecule has 1 saturated heterocycles. The minimum Gasteiger partial charge on any atom is -0.372 e. The van der Waals surface area contributed by atoms with Crippen LogP contribution in [0.3, 0.4) is 0 Å². The minimum atomic E-state index is -0.339. The lowest BCUT2D eigenvalue weighted by molar-refractivity contribution is 0.0982. The first kappa shape index (κ1) is 21.4. The third kappa shape index (κ3) is 4.72. The molecule has 2 heterocycles. The minimum absolute atomic E-state index is 0.228. The van der Waals surface area contributed by atoms with E-state index in [1.807, 2.05) is 18.2 Å². The van der Waals surface area contributed by atoms with E-state index in [0.29, 0.717) is 14.9 Å². The standard InChI is InChI=1S/C22H21Cl2N3OS2/c1-13-8-10-27(11-9-13)16-5-3-15(4-6-16)25-22(29)26-21(28)20-19(24)17-7-2-14(23)12-18(17)30-20/h2-7,12-13H,8-11H2,1H3,(H2,25,26,28,29). The van der Waals surface area contributed by atoms with Gasteiger partial charge in [0, 0.05) is 39.6 Å². The van der Waals surface area contributed by atoms with Gasteiger partial charge in [-0.05, 0) is 67.4 Å². The summed E-state index contributed by atoms with van der Waals surface area (Å²) < 4.78 is 0.860. The van der Waals surface area contributed by atoms with E-state index < -0.39 is 0 Å². The number of thiocarbonyl (C=S) groups is 1. The second-order valence-corrected chi connectivity index (χ2v) is 9.79. The van der Waals surface area contributed by atoms with Crippen LogP contribution in [0.5, 0.6) is 0 Å². The van der Waals surface area contributed by atoms with Gasteiger partial charge in [-0.1, -0.05) is 36.2 Å². The Kier molecular flexibility index (Phi) is 6.48. The molecule has 1 aliphatic rings. The summed E-state index contributed by atoms with van der Waals surface area (Å²) in [4.78, 5) is 15.5. The fraction of sp³-hybridized carbons (Fsp3) is 0.273. The van der Waals surface area contributed by atoms with Crippen molar-refractivity contribution in [1.82, 2.24) is 5.32 Å². The number of carbonyl (C=O) groups is 1. The number of benzene rings is 2. The number of hydrogen-bond donors (Lipinski definition) is 2. The fourth-order valence-electron chi connectivity index (χ4n) is 3.53. The highest BCUT2D eigenvalue weighted by Gasteiger charge is 2.19. The zero-order valence-electron chi connectivity index (χ0n) is 16.4.